The lowest BCUT2D eigenvalue weighted by molar-refractivity contribution is -0.758. The molecule has 15 heteroatoms. The van der Waals surface area contributed by atoms with Gasteiger partial charge in [0, 0.05) is 24.1 Å². The van der Waals surface area contributed by atoms with E-state index in [0.717, 1.165) is 12.8 Å². The number of likely N-dealkylation sites (tertiary alicyclic amines) is 1. The fraction of sp³-hybridized carbons (Fsp3) is 0.552. The summed E-state index contributed by atoms with van der Waals surface area (Å²) < 4.78 is 0. The topological polar surface area (TPSA) is 223 Å². The third-order valence-electron chi connectivity index (χ3n) is 9.54. The van der Waals surface area contributed by atoms with Gasteiger partial charge in [-0.25, -0.2) is 0 Å². The molecule has 0 radical (unpaired) electrons. The first-order chi connectivity index (χ1) is 20.7. The minimum Gasteiger partial charge on any atom is -0.510 e. The number of benzene rings is 1. The van der Waals surface area contributed by atoms with E-state index >= 15 is 0 Å². The maximum Gasteiger partial charge on any atom is 0.294 e. The van der Waals surface area contributed by atoms with Gasteiger partial charge in [0.15, 0.2) is 11.4 Å². The number of phenolic OH excluding ortho intramolecular Hbond substituents is 1. The molecule has 7 atom stereocenters. The first kappa shape index (κ1) is 31.4. The number of aromatic hydroxyl groups is 1. The minimum absolute atomic E-state index is 0.132. The van der Waals surface area contributed by atoms with Crippen LogP contribution in [0.5, 0.6) is 5.75 Å². The highest BCUT2D eigenvalue weighted by Crippen LogP contribution is 2.55. The molecule has 1 heterocycles. The third kappa shape index (κ3) is 4.70. The molecule has 1 fully saturated rings. The maximum atomic E-state index is 14.0. The predicted octanol–water partition coefficient (Wildman–Crippen LogP) is 0.304. The van der Waals surface area contributed by atoms with Crippen LogP contribution in [-0.2, 0) is 14.4 Å². The van der Waals surface area contributed by atoms with Crippen molar-refractivity contribution < 1.29 is 49.8 Å². The lowest BCUT2D eigenvalue weighted by Crippen LogP contribution is -2.68. The molecule has 1 aromatic carbocycles. The number of amides is 1. The van der Waals surface area contributed by atoms with Gasteiger partial charge in [0.05, 0.1) is 30.3 Å². The average Bonchev–Trinajstić information content (AvgIpc) is 2.97. The molecule has 1 saturated heterocycles. The normalized spacial score (nSPS) is 32.2. The van der Waals surface area contributed by atoms with E-state index < -0.39 is 86.8 Å². The number of carbonyl (C=O) groups is 3. The summed E-state index contributed by atoms with van der Waals surface area (Å²) in [7, 11) is 2.98. The Morgan fingerprint density at radius 2 is 1.93 bits per heavy atom. The third-order valence-corrected chi connectivity index (χ3v) is 9.54. The fourth-order valence-electron chi connectivity index (χ4n) is 7.43. The van der Waals surface area contributed by atoms with Gasteiger partial charge in [-0.2, -0.15) is 0 Å². The molecule has 238 valence electrons. The molecule has 6 N–H and O–H groups in total. The van der Waals surface area contributed by atoms with Crippen molar-refractivity contribution in [3.63, 3.8) is 0 Å². The lowest BCUT2D eigenvalue weighted by atomic mass is 9.55. The quantitative estimate of drug-likeness (QED) is 0.138. The van der Waals surface area contributed by atoms with Crippen LogP contribution < -0.4 is 5.32 Å². The van der Waals surface area contributed by atoms with Crippen LogP contribution in [0.25, 0.3) is 0 Å². The summed E-state index contributed by atoms with van der Waals surface area (Å²) in [5.74, 6) is -8.89. The molecule has 1 aromatic rings. The Kier molecular flexibility index (Phi) is 8.18. The van der Waals surface area contributed by atoms with Crippen molar-refractivity contribution in [3.8, 4) is 5.75 Å². The number of carbonyl (C=O) groups excluding carboxylic acids is 3. The van der Waals surface area contributed by atoms with Crippen LogP contribution in [0.2, 0.25) is 0 Å². The van der Waals surface area contributed by atoms with Crippen molar-refractivity contribution in [1.82, 2.24) is 15.1 Å². The SMILES string of the molecule is C[C@H]1c2cccc(O)c2C(=O)C2=C(O)[C@]3(O)C(=O)C(C(=O)NCN4CCCCC4CO[N+](=O)[O-])=C(O)[C@@H](N(C)C)[C@@H]3[C@@H](O)[C@@H]21. The van der Waals surface area contributed by atoms with Crippen LogP contribution >= 0.6 is 0 Å². The van der Waals surface area contributed by atoms with Gasteiger partial charge in [-0.3, -0.25) is 24.2 Å². The van der Waals surface area contributed by atoms with Gasteiger partial charge in [-0.05, 0) is 44.5 Å². The minimum atomic E-state index is -2.98. The van der Waals surface area contributed by atoms with E-state index in [-0.39, 0.29) is 24.6 Å². The first-order valence-corrected chi connectivity index (χ1v) is 14.4. The van der Waals surface area contributed by atoms with E-state index in [0.29, 0.717) is 18.5 Å². The molecule has 3 aliphatic carbocycles. The zero-order chi connectivity index (χ0) is 32.2. The van der Waals surface area contributed by atoms with Crippen molar-refractivity contribution in [3.05, 3.63) is 62.1 Å². The number of phenols is 1. The second-order valence-corrected chi connectivity index (χ2v) is 12.1. The van der Waals surface area contributed by atoms with Crippen molar-refractivity contribution >= 4 is 17.5 Å². The predicted molar refractivity (Wildman–Crippen MR) is 151 cm³/mol. The van der Waals surface area contributed by atoms with Gasteiger partial charge in [-0.15, -0.1) is 10.1 Å². The van der Waals surface area contributed by atoms with E-state index in [4.69, 9.17) is 0 Å². The zero-order valence-electron chi connectivity index (χ0n) is 24.5. The van der Waals surface area contributed by atoms with E-state index in [1.54, 1.807) is 17.9 Å². The second kappa shape index (κ2) is 11.5. The zero-order valence-corrected chi connectivity index (χ0v) is 24.5. The van der Waals surface area contributed by atoms with Gasteiger partial charge in [0.25, 0.3) is 11.0 Å². The van der Waals surface area contributed by atoms with Gasteiger partial charge in [0.2, 0.25) is 5.78 Å². The number of likely N-dealkylation sites (N-methyl/N-ethyl adjacent to an activating group) is 1. The highest BCUT2D eigenvalue weighted by atomic mass is 16.9. The molecule has 1 aliphatic heterocycles. The number of fused-ring (bicyclic) bond motifs is 3. The van der Waals surface area contributed by atoms with Crippen LogP contribution in [0.3, 0.4) is 0 Å². The van der Waals surface area contributed by atoms with Crippen LogP contribution in [0.15, 0.2) is 40.9 Å². The number of rotatable bonds is 7. The Bertz CT molecular complexity index is 1470. The van der Waals surface area contributed by atoms with Gasteiger partial charge >= 0.3 is 0 Å². The van der Waals surface area contributed by atoms with Crippen molar-refractivity contribution in [2.24, 2.45) is 11.8 Å². The first-order valence-electron chi connectivity index (χ1n) is 14.4. The molecule has 4 aliphatic rings. The Labute approximate surface area is 252 Å². The number of piperidine rings is 1. The molecule has 1 unspecified atom stereocenters. The Balaban J connectivity index is 1.53. The van der Waals surface area contributed by atoms with Gasteiger partial charge in [0.1, 0.15) is 29.4 Å². The van der Waals surface area contributed by atoms with Crippen molar-refractivity contribution in [2.75, 3.05) is 33.9 Å². The summed E-state index contributed by atoms with van der Waals surface area (Å²) >= 11 is 0. The van der Waals surface area contributed by atoms with E-state index in [1.807, 2.05) is 0 Å². The highest BCUT2D eigenvalue weighted by Gasteiger charge is 2.67. The number of nitrogens with one attached hydrogen (secondary N) is 1. The fourth-order valence-corrected chi connectivity index (χ4v) is 7.43. The number of ketones is 2. The monoisotopic (exact) mass is 616 g/mol. The van der Waals surface area contributed by atoms with Crippen LogP contribution in [0.1, 0.15) is 48.0 Å². The number of nitrogens with zero attached hydrogens (tertiary/aromatic N) is 3. The molecule has 1 amide bonds. The lowest BCUT2D eigenvalue weighted by Gasteiger charge is -2.53. The molecule has 0 bridgehead atoms. The van der Waals surface area contributed by atoms with E-state index in [9.17, 15) is 50.0 Å². The molecular formula is C29H36N4O11. The molecule has 15 nitrogen and oxygen atoms in total. The largest absolute Gasteiger partial charge is 0.510 e. The smallest absolute Gasteiger partial charge is 0.294 e. The molecule has 44 heavy (non-hydrogen) atoms. The average molecular weight is 617 g/mol. The number of Topliss-reactive ketones (excluding diaryl/α,β-unsaturated/α-hetero) is 2. The van der Waals surface area contributed by atoms with Crippen LogP contribution in [-0.4, -0.2) is 116 Å². The number of aliphatic hydroxyl groups excluding tert-OH is 3. The van der Waals surface area contributed by atoms with Crippen LogP contribution in [0, 0.1) is 22.0 Å². The van der Waals surface area contributed by atoms with E-state index in [2.05, 4.69) is 10.2 Å². The molecule has 5 rings (SSSR count). The molecule has 0 aromatic heterocycles. The van der Waals surface area contributed by atoms with Crippen molar-refractivity contribution in [2.45, 2.75) is 55.9 Å². The standard InChI is InChI=1S/C29H36N4O11/c1-13-15-8-6-9-16(34)18(15)23(35)19-17(13)24(36)21-22(31(2)3)25(37)20(27(39)29(21,41)26(19)38)28(40)30-12-32-10-5-4-7-14(32)11-44-33(42)43/h6,8-9,13-14,17,21-22,24,34,36-38,41H,4-5,7,10-12H2,1-3H3,(H,30,40)/t13-,14?,17+,21+,22-,24-,29-/m0/s1. The Morgan fingerprint density at radius 1 is 1.23 bits per heavy atom. The van der Waals surface area contributed by atoms with Crippen molar-refractivity contribution in [1.29, 1.82) is 0 Å². The summed E-state index contributed by atoms with van der Waals surface area (Å²) in [4.78, 5) is 59.5. The summed E-state index contributed by atoms with van der Waals surface area (Å²) in [6.45, 7) is 1.73. The molecule has 0 spiro atoms. The molecular weight excluding hydrogens is 580 g/mol. The summed E-state index contributed by atoms with van der Waals surface area (Å²) in [6.07, 6.45) is 0.440. The number of hydrogen-bond donors (Lipinski definition) is 6. The second-order valence-electron chi connectivity index (χ2n) is 12.1. The summed E-state index contributed by atoms with van der Waals surface area (Å²) in [6, 6.07) is 2.67. The van der Waals surface area contributed by atoms with Gasteiger partial charge < -0.3 is 35.7 Å². The number of aliphatic hydroxyl groups is 4. The van der Waals surface area contributed by atoms with E-state index in [1.165, 1.54) is 31.1 Å². The van der Waals surface area contributed by atoms with Gasteiger partial charge in [-0.1, -0.05) is 25.5 Å². The molecule has 0 saturated carbocycles. The summed E-state index contributed by atoms with van der Waals surface area (Å²) in [5, 5.41) is 69.5. The Hall–Kier alpha value is -4.05. The van der Waals surface area contributed by atoms with Crippen LogP contribution in [0.4, 0.5) is 0 Å². The summed E-state index contributed by atoms with van der Waals surface area (Å²) in [5.41, 5.74) is -4.03. The highest BCUT2D eigenvalue weighted by molar-refractivity contribution is 6.25. The maximum absolute atomic E-state index is 14.0. The Morgan fingerprint density at radius 3 is 2.59 bits per heavy atom. The number of hydrogen-bond acceptors (Lipinski definition) is 13.